The number of carbonyl (C=O) groups is 1. The Morgan fingerprint density at radius 2 is 2.12 bits per heavy atom. The van der Waals surface area contributed by atoms with Gasteiger partial charge in [-0.05, 0) is 0 Å². The Morgan fingerprint density at radius 3 is 2.25 bits per heavy atom. The van der Waals surface area contributed by atoms with E-state index in [0.29, 0.717) is 6.42 Å². The van der Waals surface area contributed by atoms with Crippen LogP contribution in [0.5, 0.6) is 0 Å². The Hall–Kier alpha value is 1.25. The zero-order valence-corrected chi connectivity index (χ0v) is 8.66. The van der Waals surface area contributed by atoms with Crippen LogP contribution in [-0.2, 0) is 23.4 Å². The second-order valence-corrected chi connectivity index (χ2v) is 1.16. The molecule has 0 aliphatic carbocycles. The first-order valence-electron chi connectivity index (χ1n) is 2.14. The monoisotopic (exact) mass is 160 g/mol. The molecule has 0 N–H and O–H groups in total. The summed E-state index contributed by atoms with van der Waals surface area (Å²) in [6, 6.07) is 0. The van der Waals surface area contributed by atoms with Gasteiger partial charge in [-0.2, -0.15) is 6.42 Å². The Labute approximate surface area is 86.3 Å². The van der Waals surface area contributed by atoms with Crippen molar-refractivity contribution in [2.75, 3.05) is 0 Å². The number of hydrogen-bond donors (Lipinski definition) is 0. The summed E-state index contributed by atoms with van der Waals surface area (Å²) in [4.78, 5) is 9.54. The average molecular weight is 160 g/mol. The minimum Gasteiger partial charge on any atom is -1.00 e. The second-order valence-electron chi connectivity index (χ2n) is 1.16. The number of aldehydes is 1. The van der Waals surface area contributed by atoms with E-state index in [2.05, 4.69) is 6.92 Å². The van der Waals surface area contributed by atoms with Crippen LogP contribution < -0.4 is 29.6 Å². The fourth-order valence-corrected chi connectivity index (χ4v) is 0.228. The third-order valence-corrected chi connectivity index (χ3v) is 0.572. The zero-order valence-electron chi connectivity index (χ0n) is 6.26. The summed E-state index contributed by atoms with van der Waals surface area (Å²) < 4.78 is 0. The van der Waals surface area contributed by atoms with Crippen molar-refractivity contribution in [3.8, 4) is 0 Å². The second kappa shape index (κ2) is 15.7. The van der Waals surface area contributed by atoms with Crippen LogP contribution in [0.1, 0.15) is 20.7 Å². The van der Waals surface area contributed by atoms with Crippen molar-refractivity contribution in [3.63, 3.8) is 0 Å². The van der Waals surface area contributed by atoms with Crippen LogP contribution in [0.15, 0.2) is 0 Å². The van der Waals surface area contributed by atoms with Crippen LogP contribution in [0.25, 0.3) is 0 Å². The van der Waals surface area contributed by atoms with Crippen molar-refractivity contribution in [2.45, 2.75) is 19.3 Å². The third-order valence-electron chi connectivity index (χ3n) is 0.572. The van der Waals surface area contributed by atoms with E-state index in [9.17, 15) is 4.79 Å². The zero-order chi connectivity index (χ0) is 4.83. The van der Waals surface area contributed by atoms with Crippen molar-refractivity contribution in [1.29, 1.82) is 0 Å². The first-order chi connectivity index (χ1) is 2.91. The molecule has 0 heterocycles. The van der Waals surface area contributed by atoms with E-state index in [1.807, 2.05) is 0 Å². The maximum absolute atomic E-state index is 9.54. The van der Waals surface area contributed by atoms with E-state index in [0.717, 1.165) is 19.1 Å². The summed E-state index contributed by atoms with van der Waals surface area (Å²) in [6.07, 6.45) is 3.40. The molecule has 0 aromatic rings. The van der Waals surface area contributed by atoms with Crippen LogP contribution >= 0.6 is 0 Å². The predicted octanol–water partition coefficient (Wildman–Crippen LogP) is -1.70. The SMILES string of the molecule is [CH2-]CCCC=O.[H-].[Na+].[V]. The summed E-state index contributed by atoms with van der Waals surface area (Å²) in [5.41, 5.74) is 0. The average Bonchev–Trinajstić information content (AvgIpc) is 1.61. The molecule has 0 saturated carbocycles. The van der Waals surface area contributed by atoms with Gasteiger partial charge in [-0.1, -0.05) is 6.42 Å². The molecule has 0 amide bonds. The van der Waals surface area contributed by atoms with Crippen molar-refractivity contribution in [1.82, 2.24) is 0 Å². The maximum atomic E-state index is 9.54. The van der Waals surface area contributed by atoms with Crippen molar-refractivity contribution < 1.29 is 54.3 Å². The van der Waals surface area contributed by atoms with Gasteiger partial charge >= 0.3 is 29.6 Å². The van der Waals surface area contributed by atoms with Gasteiger partial charge in [-0.25, -0.2) is 0 Å². The Morgan fingerprint density at radius 1 is 1.62 bits per heavy atom. The molecule has 0 bridgehead atoms. The molecule has 0 saturated heterocycles. The predicted molar refractivity (Wildman–Crippen MR) is 26.4 cm³/mol. The standard InChI is InChI=1S/C5H9O.Na.V.H/c1-2-3-4-5-6;;;/h5H,1-4H2;;;/q-1;+1;;-1. The number of carbonyl (C=O) groups excluding carboxylic acids is 1. The third kappa shape index (κ3) is 15.7. The van der Waals surface area contributed by atoms with Gasteiger partial charge in [0.2, 0.25) is 0 Å². The van der Waals surface area contributed by atoms with Crippen LogP contribution in [-0.4, -0.2) is 6.29 Å². The van der Waals surface area contributed by atoms with E-state index in [1.54, 1.807) is 0 Å². The minimum atomic E-state index is 0. The van der Waals surface area contributed by atoms with Gasteiger partial charge in [0, 0.05) is 25.0 Å². The van der Waals surface area contributed by atoms with Gasteiger partial charge in [0.1, 0.15) is 6.29 Å². The van der Waals surface area contributed by atoms with E-state index < -0.39 is 0 Å². The summed E-state index contributed by atoms with van der Waals surface area (Å²) in [7, 11) is 0. The molecule has 8 heavy (non-hydrogen) atoms. The molecule has 0 atom stereocenters. The van der Waals surface area contributed by atoms with Crippen molar-refractivity contribution >= 4 is 6.29 Å². The Bertz CT molecular complexity index is 45.9. The first kappa shape index (κ1) is 16.1. The summed E-state index contributed by atoms with van der Waals surface area (Å²) >= 11 is 0. The minimum absolute atomic E-state index is 0. The molecule has 0 aliphatic heterocycles. The van der Waals surface area contributed by atoms with Crippen molar-refractivity contribution in [2.24, 2.45) is 0 Å². The van der Waals surface area contributed by atoms with Gasteiger partial charge in [0.25, 0.3) is 0 Å². The van der Waals surface area contributed by atoms with E-state index in [1.165, 1.54) is 0 Å². The maximum Gasteiger partial charge on any atom is 1.00 e. The molecule has 0 fully saturated rings. The molecule has 43 valence electrons. The fourth-order valence-electron chi connectivity index (χ4n) is 0.228. The van der Waals surface area contributed by atoms with E-state index >= 15 is 0 Å². The molecular weight excluding hydrogens is 150 g/mol. The molecule has 1 radical (unpaired) electrons. The van der Waals surface area contributed by atoms with Crippen LogP contribution in [0.4, 0.5) is 0 Å². The summed E-state index contributed by atoms with van der Waals surface area (Å²) in [6.45, 7) is 3.56. The first-order valence-corrected chi connectivity index (χ1v) is 2.14. The molecule has 0 aromatic heterocycles. The quantitative estimate of drug-likeness (QED) is 0.208. The normalized spacial score (nSPS) is 6.12. The molecule has 3 heteroatoms. The molecule has 0 rings (SSSR count). The number of hydrogen-bond acceptors (Lipinski definition) is 1. The number of unbranched alkanes of at least 4 members (excludes halogenated alkanes) is 2. The summed E-state index contributed by atoms with van der Waals surface area (Å²) in [5, 5.41) is 0. The molecule has 1 nitrogen and oxygen atoms in total. The molecule has 0 unspecified atom stereocenters. The summed E-state index contributed by atoms with van der Waals surface area (Å²) in [5.74, 6) is 0. The molecule has 0 aromatic carbocycles. The largest absolute Gasteiger partial charge is 1.00 e. The topological polar surface area (TPSA) is 17.1 Å². The Balaban J connectivity index is -0.0000000417. The van der Waals surface area contributed by atoms with Gasteiger partial charge in [-0.3, -0.25) is 0 Å². The van der Waals surface area contributed by atoms with E-state index in [4.69, 9.17) is 0 Å². The van der Waals surface area contributed by atoms with E-state index in [-0.39, 0.29) is 49.5 Å². The number of rotatable bonds is 3. The molecular formula is C5H10NaOV-. The van der Waals surface area contributed by atoms with Crippen molar-refractivity contribution in [3.05, 3.63) is 6.92 Å². The fraction of sp³-hybridized carbons (Fsp3) is 0.600. The van der Waals surface area contributed by atoms with Gasteiger partial charge in [0.05, 0.1) is 0 Å². The molecule has 0 spiro atoms. The Kier molecular flexibility index (Phi) is 31.7. The van der Waals surface area contributed by atoms with Gasteiger partial charge < -0.3 is 13.1 Å². The van der Waals surface area contributed by atoms with Gasteiger partial charge in [-0.15, -0.1) is 0 Å². The smallest absolute Gasteiger partial charge is 1.00 e. The van der Waals surface area contributed by atoms with Gasteiger partial charge in [0.15, 0.2) is 0 Å². The van der Waals surface area contributed by atoms with Crippen LogP contribution in [0, 0.1) is 6.92 Å². The molecule has 0 aliphatic rings. The van der Waals surface area contributed by atoms with Crippen LogP contribution in [0.3, 0.4) is 0 Å². The van der Waals surface area contributed by atoms with Crippen LogP contribution in [0.2, 0.25) is 0 Å².